The first kappa shape index (κ1) is 15.1. The summed E-state index contributed by atoms with van der Waals surface area (Å²) in [6, 6.07) is 8.27. The van der Waals surface area contributed by atoms with Crippen LogP contribution in [-0.4, -0.2) is 22.9 Å². The van der Waals surface area contributed by atoms with Gasteiger partial charge in [-0.15, -0.1) is 0 Å². The summed E-state index contributed by atoms with van der Waals surface area (Å²) in [5.74, 6) is 0.895. The second-order valence-corrected chi connectivity index (χ2v) is 5.35. The number of aromatic nitrogens is 2. The number of hydrogen-bond donors (Lipinski definition) is 1. The molecule has 1 aromatic carbocycles. The fourth-order valence-corrected chi connectivity index (χ4v) is 2.85. The molecule has 5 heteroatoms. The van der Waals surface area contributed by atoms with Gasteiger partial charge in [-0.2, -0.15) is 5.10 Å². The Labute approximate surface area is 128 Å². The Hall–Kier alpha value is -1.33. The van der Waals surface area contributed by atoms with Crippen LogP contribution in [0.1, 0.15) is 31.1 Å². The van der Waals surface area contributed by atoms with Crippen LogP contribution in [0.25, 0.3) is 0 Å². The summed E-state index contributed by atoms with van der Waals surface area (Å²) >= 11 is 3.58. The lowest BCUT2D eigenvalue weighted by molar-refractivity contribution is 0.339. The Morgan fingerprint density at radius 2 is 2.20 bits per heavy atom. The van der Waals surface area contributed by atoms with Gasteiger partial charge in [0.05, 0.1) is 29.0 Å². The quantitative estimate of drug-likeness (QED) is 0.879. The van der Waals surface area contributed by atoms with Crippen LogP contribution in [0, 0.1) is 0 Å². The largest absolute Gasteiger partial charge is 0.494 e. The number of hydrogen-bond acceptors (Lipinski definition) is 3. The van der Waals surface area contributed by atoms with E-state index < -0.39 is 0 Å². The highest BCUT2D eigenvalue weighted by Crippen LogP contribution is 2.29. The number of benzene rings is 1. The molecule has 0 fully saturated rings. The number of rotatable bonds is 6. The maximum absolute atomic E-state index is 5.59. The van der Waals surface area contributed by atoms with Crippen molar-refractivity contribution < 1.29 is 4.74 Å². The van der Waals surface area contributed by atoms with Crippen molar-refractivity contribution in [3.8, 4) is 5.75 Å². The first-order valence-electron chi connectivity index (χ1n) is 6.80. The lowest BCUT2D eigenvalue weighted by atomic mass is 10.0. The molecular formula is C15H20BrN3O. The molecule has 1 unspecified atom stereocenters. The van der Waals surface area contributed by atoms with Gasteiger partial charge in [0.2, 0.25) is 0 Å². The van der Waals surface area contributed by atoms with E-state index in [1.165, 1.54) is 5.56 Å². The Balaban J connectivity index is 2.40. The predicted molar refractivity (Wildman–Crippen MR) is 84.0 cm³/mol. The molecule has 1 atom stereocenters. The van der Waals surface area contributed by atoms with Crippen molar-refractivity contribution in [2.24, 2.45) is 7.05 Å². The van der Waals surface area contributed by atoms with Crippen molar-refractivity contribution in [1.82, 2.24) is 15.1 Å². The van der Waals surface area contributed by atoms with E-state index in [0.29, 0.717) is 6.61 Å². The van der Waals surface area contributed by atoms with Crippen LogP contribution in [0.5, 0.6) is 5.75 Å². The molecule has 0 bridgehead atoms. The van der Waals surface area contributed by atoms with Gasteiger partial charge in [0, 0.05) is 7.05 Å². The fraction of sp³-hybridized carbons (Fsp3) is 0.400. The smallest absolute Gasteiger partial charge is 0.119 e. The van der Waals surface area contributed by atoms with Crippen LogP contribution >= 0.6 is 15.9 Å². The minimum absolute atomic E-state index is 0.0854. The van der Waals surface area contributed by atoms with Gasteiger partial charge < -0.3 is 10.1 Å². The number of ether oxygens (including phenoxy) is 1. The molecule has 20 heavy (non-hydrogen) atoms. The number of nitrogens with zero attached hydrogens (tertiary/aromatic N) is 2. The summed E-state index contributed by atoms with van der Waals surface area (Å²) in [6.07, 6.45) is 1.83. The van der Waals surface area contributed by atoms with E-state index in [-0.39, 0.29) is 6.04 Å². The van der Waals surface area contributed by atoms with Crippen molar-refractivity contribution in [1.29, 1.82) is 0 Å². The Morgan fingerprint density at radius 3 is 2.80 bits per heavy atom. The summed E-state index contributed by atoms with van der Waals surface area (Å²) < 4.78 is 8.49. The zero-order valence-corrected chi connectivity index (χ0v) is 13.6. The lowest BCUT2D eigenvalue weighted by Crippen LogP contribution is -2.24. The first-order valence-corrected chi connectivity index (χ1v) is 7.60. The summed E-state index contributed by atoms with van der Waals surface area (Å²) in [6.45, 7) is 5.64. The highest BCUT2D eigenvalue weighted by molar-refractivity contribution is 9.10. The molecule has 4 nitrogen and oxygen atoms in total. The Morgan fingerprint density at radius 1 is 1.40 bits per heavy atom. The number of aryl methyl sites for hydroxylation is 1. The molecule has 1 heterocycles. The van der Waals surface area contributed by atoms with Crippen LogP contribution in [0.3, 0.4) is 0 Å². The van der Waals surface area contributed by atoms with Crippen molar-refractivity contribution in [3.05, 3.63) is 46.2 Å². The molecule has 108 valence electrons. The van der Waals surface area contributed by atoms with Gasteiger partial charge in [-0.25, -0.2) is 0 Å². The predicted octanol–water partition coefficient (Wildman–Crippen LogP) is 3.28. The molecule has 0 radical (unpaired) electrons. The second-order valence-electron chi connectivity index (χ2n) is 4.50. The summed E-state index contributed by atoms with van der Waals surface area (Å²) in [7, 11) is 1.96. The third-order valence-electron chi connectivity index (χ3n) is 3.12. The Bertz CT molecular complexity index is 548. The zero-order chi connectivity index (χ0) is 14.5. The van der Waals surface area contributed by atoms with Crippen molar-refractivity contribution in [2.45, 2.75) is 19.9 Å². The van der Waals surface area contributed by atoms with Crippen LogP contribution in [0.15, 0.2) is 34.9 Å². The molecule has 0 aliphatic rings. The van der Waals surface area contributed by atoms with Gasteiger partial charge in [0.25, 0.3) is 0 Å². The maximum atomic E-state index is 5.59. The molecule has 0 saturated heterocycles. The highest BCUT2D eigenvalue weighted by Gasteiger charge is 2.20. The molecule has 1 N–H and O–H groups in total. The molecule has 1 aromatic heterocycles. The topological polar surface area (TPSA) is 39.1 Å². The molecule has 0 aliphatic carbocycles. The normalized spacial score (nSPS) is 12.4. The third-order valence-corrected chi connectivity index (χ3v) is 3.73. The monoisotopic (exact) mass is 337 g/mol. The molecule has 2 aromatic rings. The molecule has 0 saturated carbocycles. The number of halogens is 1. The van der Waals surface area contributed by atoms with Gasteiger partial charge in [0.1, 0.15) is 5.75 Å². The fourth-order valence-electron chi connectivity index (χ4n) is 2.27. The summed E-state index contributed by atoms with van der Waals surface area (Å²) in [5, 5.41) is 7.81. The van der Waals surface area contributed by atoms with Gasteiger partial charge in [-0.1, -0.05) is 19.1 Å². The van der Waals surface area contributed by atoms with E-state index in [1.54, 1.807) is 0 Å². The minimum atomic E-state index is 0.0854. The second kappa shape index (κ2) is 6.90. The van der Waals surface area contributed by atoms with Crippen molar-refractivity contribution >= 4 is 15.9 Å². The molecule has 2 rings (SSSR count). The van der Waals surface area contributed by atoms with Gasteiger partial charge in [-0.3, -0.25) is 4.68 Å². The van der Waals surface area contributed by atoms with Crippen LogP contribution in [0.2, 0.25) is 0 Å². The third kappa shape index (κ3) is 3.22. The van der Waals surface area contributed by atoms with Crippen LogP contribution in [-0.2, 0) is 7.05 Å². The standard InChI is InChI=1S/C15H20BrN3O/c1-4-17-14(15-13(16)10-18-19(15)3)11-7-6-8-12(9-11)20-5-2/h6-10,14,17H,4-5H2,1-3H3. The molecule has 0 spiro atoms. The van der Waals surface area contributed by atoms with Gasteiger partial charge >= 0.3 is 0 Å². The first-order chi connectivity index (χ1) is 9.67. The van der Waals surface area contributed by atoms with E-state index in [4.69, 9.17) is 4.74 Å². The lowest BCUT2D eigenvalue weighted by Gasteiger charge is -2.20. The summed E-state index contributed by atoms with van der Waals surface area (Å²) in [5.41, 5.74) is 2.28. The molecule has 0 aliphatic heterocycles. The van der Waals surface area contributed by atoms with Crippen molar-refractivity contribution in [3.63, 3.8) is 0 Å². The van der Waals surface area contributed by atoms with Crippen LogP contribution < -0.4 is 10.1 Å². The van der Waals surface area contributed by atoms with Crippen LogP contribution in [0.4, 0.5) is 0 Å². The van der Waals surface area contributed by atoms with E-state index in [2.05, 4.69) is 45.4 Å². The van der Waals surface area contributed by atoms with E-state index >= 15 is 0 Å². The summed E-state index contributed by atoms with van der Waals surface area (Å²) in [4.78, 5) is 0. The average molecular weight is 338 g/mol. The van der Waals surface area contributed by atoms with Crippen molar-refractivity contribution in [2.75, 3.05) is 13.2 Å². The zero-order valence-electron chi connectivity index (χ0n) is 12.1. The maximum Gasteiger partial charge on any atom is 0.119 e. The number of nitrogens with one attached hydrogen (secondary N) is 1. The van der Waals surface area contributed by atoms with E-state index in [0.717, 1.165) is 22.5 Å². The molecular weight excluding hydrogens is 318 g/mol. The van der Waals surface area contributed by atoms with E-state index in [1.807, 2.05) is 37.0 Å². The SMILES string of the molecule is CCNC(c1cccc(OCC)c1)c1c(Br)cnn1C. The van der Waals surface area contributed by atoms with Gasteiger partial charge in [-0.05, 0) is 47.1 Å². The van der Waals surface area contributed by atoms with E-state index in [9.17, 15) is 0 Å². The Kier molecular flexibility index (Phi) is 5.20. The highest BCUT2D eigenvalue weighted by atomic mass is 79.9. The molecule has 0 amide bonds. The van der Waals surface area contributed by atoms with Gasteiger partial charge in [0.15, 0.2) is 0 Å². The average Bonchev–Trinajstić information content (AvgIpc) is 2.77. The minimum Gasteiger partial charge on any atom is -0.494 e.